The second kappa shape index (κ2) is 6.48. The monoisotopic (exact) mass is 395 g/mol. The van der Waals surface area contributed by atoms with Gasteiger partial charge in [-0.1, -0.05) is 18.0 Å². The molecular weight excluding hydrogens is 381 g/mol. The summed E-state index contributed by atoms with van der Waals surface area (Å²) in [5, 5.41) is 4.31. The Bertz CT molecular complexity index is 455. The van der Waals surface area contributed by atoms with Gasteiger partial charge in [0.1, 0.15) is 0 Å². The van der Waals surface area contributed by atoms with Crippen molar-refractivity contribution < 1.29 is 4.79 Å². The number of hydrogen-bond acceptors (Lipinski definition) is 2. The Hall–Kier alpha value is 0.0600. The van der Waals surface area contributed by atoms with E-state index in [1.165, 1.54) is 12.8 Å². The molecule has 1 aliphatic rings. The fraction of sp³-hybridized carbons (Fsp3) is 0.462. The molecule has 1 aromatic rings. The van der Waals surface area contributed by atoms with E-state index < -0.39 is 0 Å². The highest BCUT2D eigenvalue weighted by atomic mass is 127. The zero-order valence-electron chi connectivity index (χ0n) is 10.1. The molecule has 0 bridgehead atoms. The minimum Gasteiger partial charge on any atom is -0.348 e. The van der Waals surface area contributed by atoms with Crippen LogP contribution in [0.1, 0.15) is 29.6 Å². The molecule has 2 unspecified atom stereocenters. The first-order chi connectivity index (χ1) is 8.61. The average Bonchev–Trinajstić information content (AvgIpc) is 2.79. The van der Waals surface area contributed by atoms with Crippen LogP contribution in [0.4, 0.5) is 0 Å². The predicted octanol–water partition coefficient (Wildman–Crippen LogP) is 3.96. The van der Waals surface area contributed by atoms with E-state index in [4.69, 9.17) is 11.6 Å². The van der Waals surface area contributed by atoms with Gasteiger partial charge in [-0.2, -0.15) is 11.8 Å². The zero-order valence-corrected chi connectivity index (χ0v) is 13.8. The van der Waals surface area contributed by atoms with E-state index in [0.29, 0.717) is 21.9 Å². The van der Waals surface area contributed by atoms with Crippen molar-refractivity contribution in [2.45, 2.75) is 30.6 Å². The molecule has 0 saturated heterocycles. The molecule has 0 aliphatic heterocycles. The number of benzene rings is 1. The van der Waals surface area contributed by atoms with Crippen molar-refractivity contribution in [1.82, 2.24) is 5.32 Å². The Kier molecular flexibility index (Phi) is 5.21. The largest absolute Gasteiger partial charge is 0.348 e. The molecule has 1 saturated carbocycles. The number of rotatable bonds is 3. The molecule has 1 amide bonds. The molecule has 0 heterocycles. The maximum Gasteiger partial charge on any atom is 0.251 e. The van der Waals surface area contributed by atoms with Crippen LogP contribution >= 0.6 is 46.0 Å². The molecule has 1 N–H and O–H groups in total. The topological polar surface area (TPSA) is 29.1 Å². The zero-order chi connectivity index (χ0) is 13.1. The highest BCUT2D eigenvalue weighted by Gasteiger charge is 2.28. The first kappa shape index (κ1) is 14.5. The van der Waals surface area contributed by atoms with Crippen LogP contribution in [0.25, 0.3) is 0 Å². The molecular formula is C13H15ClINOS. The van der Waals surface area contributed by atoms with Crippen LogP contribution in [0.15, 0.2) is 18.2 Å². The van der Waals surface area contributed by atoms with Crippen LogP contribution in [0.3, 0.4) is 0 Å². The lowest BCUT2D eigenvalue weighted by Crippen LogP contribution is -2.38. The summed E-state index contributed by atoms with van der Waals surface area (Å²) in [5.41, 5.74) is 0.646. The number of halogens is 2. The molecule has 2 atom stereocenters. The molecule has 1 aliphatic carbocycles. The Morgan fingerprint density at radius 1 is 1.50 bits per heavy atom. The number of hydrogen-bond donors (Lipinski definition) is 1. The van der Waals surface area contributed by atoms with E-state index in [1.807, 2.05) is 23.9 Å². The van der Waals surface area contributed by atoms with Crippen LogP contribution in [-0.2, 0) is 0 Å². The van der Waals surface area contributed by atoms with Crippen molar-refractivity contribution >= 4 is 51.9 Å². The number of thioether (sulfide) groups is 1. The fourth-order valence-electron chi connectivity index (χ4n) is 2.26. The van der Waals surface area contributed by atoms with Crippen molar-refractivity contribution in [3.8, 4) is 0 Å². The van der Waals surface area contributed by atoms with Crippen LogP contribution < -0.4 is 5.32 Å². The summed E-state index contributed by atoms with van der Waals surface area (Å²) >= 11 is 10.0. The first-order valence-corrected chi connectivity index (χ1v) is 8.65. The van der Waals surface area contributed by atoms with E-state index in [-0.39, 0.29) is 5.91 Å². The van der Waals surface area contributed by atoms with Crippen LogP contribution in [0.2, 0.25) is 5.02 Å². The molecule has 98 valence electrons. The third-order valence-corrected chi connectivity index (χ3v) is 6.00. The van der Waals surface area contributed by atoms with Gasteiger partial charge in [0, 0.05) is 20.4 Å². The van der Waals surface area contributed by atoms with E-state index >= 15 is 0 Å². The minimum absolute atomic E-state index is 0.0146. The van der Waals surface area contributed by atoms with Gasteiger partial charge >= 0.3 is 0 Å². The van der Waals surface area contributed by atoms with Crippen LogP contribution in [-0.4, -0.2) is 23.5 Å². The highest BCUT2D eigenvalue weighted by molar-refractivity contribution is 14.1. The van der Waals surface area contributed by atoms with Gasteiger partial charge < -0.3 is 5.32 Å². The second-order valence-electron chi connectivity index (χ2n) is 4.41. The molecule has 1 aromatic carbocycles. The second-order valence-corrected chi connectivity index (χ2v) is 7.06. The van der Waals surface area contributed by atoms with Gasteiger partial charge in [-0.25, -0.2) is 0 Å². The average molecular weight is 396 g/mol. The molecule has 1 fully saturated rings. The highest BCUT2D eigenvalue weighted by Crippen LogP contribution is 2.28. The third-order valence-electron chi connectivity index (χ3n) is 3.25. The molecule has 5 heteroatoms. The maximum atomic E-state index is 12.1. The molecule has 2 nitrogen and oxygen atoms in total. The fourth-order valence-corrected chi connectivity index (χ4v) is 3.71. The quantitative estimate of drug-likeness (QED) is 0.785. The Labute approximate surface area is 130 Å². The number of amides is 1. The van der Waals surface area contributed by atoms with Gasteiger partial charge in [0.05, 0.1) is 5.02 Å². The van der Waals surface area contributed by atoms with Gasteiger partial charge in [0.15, 0.2) is 0 Å². The lowest BCUT2D eigenvalue weighted by atomic mass is 10.2. The number of nitrogens with one attached hydrogen (secondary N) is 1. The standard InChI is InChI=1S/C13H15ClINOS/c1-18-12-4-2-3-11(12)16-13(17)8-5-6-10(15)9(14)7-8/h5-7,11-12H,2-4H2,1H3,(H,16,17). The van der Waals surface area contributed by atoms with Gasteiger partial charge in [0.2, 0.25) is 0 Å². The molecule has 0 radical (unpaired) electrons. The van der Waals surface area contributed by atoms with Gasteiger partial charge in [-0.05, 0) is 59.9 Å². The van der Waals surface area contributed by atoms with Crippen molar-refractivity contribution in [3.05, 3.63) is 32.4 Å². The van der Waals surface area contributed by atoms with Crippen molar-refractivity contribution in [1.29, 1.82) is 0 Å². The minimum atomic E-state index is -0.0146. The SMILES string of the molecule is CSC1CCCC1NC(=O)c1ccc(I)c(Cl)c1. The number of carbonyl (C=O) groups excluding carboxylic acids is 1. The van der Waals surface area contributed by atoms with Gasteiger partial charge in [-0.15, -0.1) is 0 Å². The van der Waals surface area contributed by atoms with E-state index in [0.717, 1.165) is 9.99 Å². The molecule has 0 aromatic heterocycles. The lowest BCUT2D eigenvalue weighted by molar-refractivity contribution is 0.0938. The summed E-state index contributed by atoms with van der Waals surface area (Å²) in [6.07, 6.45) is 5.58. The summed E-state index contributed by atoms with van der Waals surface area (Å²) in [5.74, 6) is -0.0146. The summed E-state index contributed by atoms with van der Waals surface area (Å²) in [7, 11) is 0. The van der Waals surface area contributed by atoms with Crippen LogP contribution in [0.5, 0.6) is 0 Å². The maximum absolute atomic E-state index is 12.1. The lowest BCUT2D eigenvalue weighted by Gasteiger charge is -2.19. The Balaban J connectivity index is 2.05. The summed E-state index contributed by atoms with van der Waals surface area (Å²) in [4.78, 5) is 12.1. The van der Waals surface area contributed by atoms with E-state index in [9.17, 15) is 4.79 Å². The molecule has 0 spiro atoms. The van der Waals surface area contributed by atoms with E-state index in [1.54, 1.807) is 6.07 Å². The van der Waals surface area contributed by atoms with Gasteiger partial charge in [0.25, 0.3) is 5.91 Å². The summed E-state index contributed by atoms with van der Waals surface area (Å²) < 4.78 is 0.966. The molecule has 2 rings (SSSR count). The van der Waals surface area contributed by atoms with Crippen molar-refractivity contribution in [2.24, 2.45) is 0 Å². The third kappa shape index (κ3) is 3.33. The predicted molar refractivity (Wildman–Crippen MR) is 86.6 cm³/mol. The Morgan fingerprint density at radius 2 is 2.28 bits per heavy atom. The molecule has 18 heavy (non-hydrogen) atoms. The Morgan fingerprint density at radius 3 is 2.94 bits per heavy atom. The van der Waals surface area contributed by atoms with Gasteiger partial charge in [-0.3, -0.25) is 4.79 Å². The first-order valence-electron chi connectivity index (χ1n) is 5.90. The van der Waals surface area contributed by atoms with Crippen molar-refractivity contribution in [2.75, 3.05) is 6.26 Å². The van der Waals surface area contributed by atoms with E-state index in [2.05, 4.69) is 34.2 Å². The normalized spacial score (nSPS) is 23.1. The summed E-state index contributed by atoms with van der Waals surface area (Å²) in [6.45, 7) is 0. The van der Waals surface area contributed by atoms with Crippen molar-refractivity contribution in [3.63, 3.8) is 0 Å². The van der Waals surface area contributed by atoms with Crippen LogP contribution in [0, 0.1) is 3.57 Å². The smallest absolute Gasteiger partial charge is 0.251 e. The number of carbonyl (C=O) groups is 1. The summed E-state index contributed by atoms with van der Waals surface area (Å²) in [6, 6.07) is 5.73.